The van der Waals surface area contributed by atoms with Gasteiger partial charge < -0.3 is 15.8 Å². The molecule has 6 heteroatoms. The molecule has 2 rings (SSSR count). The number of nitrogens with zero attached hydrogens (tertiary/aromatic N) is 2. The summed E-state index contributed by atoms with van der Waals surface area (Å²) < 4.78 is 19.9. The Morgan fingerprint density at radius 1 is 1.47 bits per heavy atom. The fourth-order valence-electron chi connectivity index (χ4n) is 1.88. The first-order valence-electron chi connectivity index (χ1n) is 5.98. The highest BCUT2D eigenvalue weighted by atomic mass is 19.1. The summed E-state index contributed by atoms with van der Waals surface area (Å²) in [6, 6.07) is 4.54. The van der Waals surface area contributed by atoms with Gasteiger partial charge in [0.2, 0.25) is 0 Å². The molecule has 0 bridgehead atoms. The molecule has 0 atom stereocenters. The summed E-state index contributed by atoms with van der Waals surface area (Å²) in [5.74, 6) is 0.465. The fourth-order valence-corrected chi connectivity index (χ4v) is 1.88. The molecular weight excluding hydrogens is 247 g/mol. The van der Waals surface area contributed by atoms with Gasteiger partial charge in [-0.2, -0.15) is 5.10 Å². The second-order valence-electron chi connectivity index (χ2n) is 4.16. The third kappa shape index (κ3) is 2.47. The second kappa shape index (κ2) is 5.17. The van der Waals surface area contributed by atoms with Crippen LogP contribution < -0.4 is 15.8 Å². The average molecular weight is 264 g/mol. The first kappa shape index (κ1) is 13.2. The second-order valence-corrected chi connectivity index (χ2v) is 4.16. The van der Waals surface area contributed by atoms with Crippen LogP contribution in [0.4, 0.5) is 21.6 Å². The molecule has 0 fully saturated rings. The van der Waals surface area contributed by atoms with E-state index in [9.17, 15) is 4.39 Å². The lowest BCUT2D eigenvalue weighted by Gasteiger charge is -2.09. The van der Waals surface area contributed by atoms with Gasteiger partial charge in [0.1, 0.15) is 0 Å². The maximum absolute atomic E-state index is 13.3. The van der Waals surface area contributed by atoms with Gasteiger partial charge in [-0.1, -0.05) is 6.92 Å². The van der Waals surface area contributed by atoms with Crippen molar-refractivity contribution >= 4 is 17.2 Å². The van der Waals surface area contributed by atoms with E-state index >= 15 is 0 Å². The van der Waals surface area contributed by atoms with Crippen molar-refractivity contribution in [1.29, 1.82) is 0 Å². The maximum Gasteiger partial charge on any atom is 0.165 e. The number of nitrogens with one attached hydrogen (secondary N) is 1. The normalized spacial score (nSPS) is 10.5. The number of rotatable bonds is 4. The molecule has 0 amide bonds. The van der Waals surface area contributed by atoms with Crippen molar-refractivity contribution in [2.75, 3.05) is 18.2 Å². The third-order valence-electron chi connectivity index (χ3n) is 2.91. The Balaban J connectivity index is 2.33. The maximum atomic E-state index is 13.3. The van der Waals surface area contributed by atoms with Crippen LogP contribution in [0.3, 0.4) is 0 Å². The monoisotopic (exact) mass is 264 g/mol. The van der Waals surface area contributed by atoms with Gasteiger partial charge in [0, 0.05) is 18.8 Å². The van der Waals surface area contributed by atoms with Gasteiger partial charge in [-0.25, -0.2) is 4.39 Å². The first-order valence-corrected chi connectivity index (χ1v) is 5.98. The molecule has 19 heavy (non-hydrogen) atoms. The fraction of sp³-hybridized carbons (Fsp3) is 0.308. The smallest absolute Gasteiger partial charge is 0.165 e. The van der Waals surface area contributed by atoms with E-state index in [0.29, 0.717) is 17.2 Å². The number of hydrogen-bond donors (Lipinski definition) is 2. The van der Waals surface area contributed by atoms with E-state index in [-0.39, 0.29) is 5.75 Å². The van der Waals surface area contributed by atoms with E-state index in [1.165, 1.54) is 13.2 Å². The van der Waals surface area contributed by atoms with Crippen LogP contribution in [0.15, 0.2) is 18.2 Å². The standard InChI is InChI=1S/C13H17FN4O/c1-4-10-12(15)13(18(2)17-10)16-8-5-6-9(14)11(7-8)19-3/h5-7,16H,4,15H2,1-3H3. The Labute approximate surface area is 111 Å². The molecule has 1 aromatic heterocycles. The quantitative estimate of drug-likeness (QED) is 0.890. The van der Waals surface area contributed by atoms with E-state index in [2.05, 4.69) is 10.4 Å². The number of halogens is 1. The molecular formula is C13H17FN4O. The van der Waals surface area contributed by atoms with Crippen molar-refractivity contribution in [3.8, 4) is 5.75 Å². The zero-order chi connectivity index (χ0) is 14.0. The molecule has 0 aliphatic carbocycles. The minimum atomic E-state index is -0.403. The summed E-state index contributed by atoms with van der Waals surface area (Å²) in [4.78, 5) is 0. The highest BCUT2D eigenvalue weighted by Crippen LogP contribution is 2.28. The number of aromatic nitrogens is 2. The van der Waals surface area contributed by atoms with Gasteiger partial charge in [-0.3, -0.25) is 4.68 Å². The zero-order valence-corrected chi connectivity index (χ0v) is 11.2. The van der Waals surface area contributed by atoms with Crippen LogP contribution in [0.1, 0.15) is 12.6 Å². The Hall–Kier alpha value is -2.24. The van der Waals surface area contributed by atoms with Gasteiger partial charge in [-0.05, 0) is 18.6 Å². The van der Waals surface area contributed by atoms with E-state index in [0.717, 1.165) is 12.1 Å². The Morgan fingerprint density at radius 2 is 2.21 bits per heavy atom. The molecule has 0 saturated carbocycles. The zero-order valence-electron chi connectivity index (χ0n) is 11.2. The number of hydrogen-bond acceptors (Lipinski definition) is 4. The predicted octanol–water partition coefficient (Wildman–Crippen LogP) is 2.46. The number of methoxy groups -OCH3 is 1. The van der Waals surface area contributed by atoms with Crippen molar-refractivity contribution in [2.24, 2.45) is 7.05 Å². The highest BCUT2D eigenvalue weighted by Gasteiger charge is 2.12. The summed E-state index contributed by atoms with van der Waals surface area (Å²) in [5, 5.41) is 7.43. The van der Waals surface area contributed by atoms with Crippen molar-refractivity contribution in [1.82, 2.24) is 9.78 Å². The van der Waals surface area contributed by atoms with Crippen molar-refractivity contribution in [3.63, 3.8) is 0 Å². The summed E-state index contributed by atoms with van der Waals surface area (Å²) in [5.41, 5.74) is 8.14. The van der Waals surface area contributed by atoms with Gasteiger partial charge in [0.05, 0.1) is 18.5 Å². The van der Waals surface area contributed by atoms with Crippen LogP contribution in [0, 0.1) is 5.82 Å². The van der Waals surface area contributed by atoms with Crippen LogP contribution in [-0.2, 0) is 13.5 Å². The summed E-state index contributed by atoms with van der Waals surface area (Å²) in [6.45, 7) is 1.99. The molecule has 0 unspecified atom stereocenters. The van der Waals surface area contributed by atoms with Gasteiger partial charge in [0.15, 0.2) is 17.4 Å². The lowest BCUT2D eigenvalue weighted by molar-refractivity contribution is 0.387. The molecule has 0 spiro atoms. The molecule has 1 aromatic carbocycles. The molecule has 102 valence electrons. The largest absolute Gasteiger partial charge is 0.494 e. The minimum absolute atomic E-state index is 0.182. The van der Waals surface area contributed by atoms with Gasteiger partial charge >= 0.3 is 0 Å². The SMILES string of the molecule is CCc1nn(C)c(Nc2ccc(F)c(OC)c2)c1N. The molecule has 0 saturated heterocycles. The molecule has 1 heterocycles. The number of nitrogen functional groups attached to an aromatic ring is 1. The topological polar surface area (TPSA) is 65.1 Å². The first-order chi connectivity index (χ1) is 9.06. The molecule has 0 aliphatic heterocycles. The Bertz CT molecular complexity index is 595. The summed E-state index contributed by atoms with van der Waals surface area (Å²) >= 11 is 0. The van der Waals surface area contributed by atoms with Gasteiger partial charge in [0.25, 0.3) is 0 Å². The Morgan fingerprint density at radius 3 is 2.79 bits per heavy atom. The lowest BCUT2D eigenvalue weighted by atomic mass is 10.2. The highest BCUT2D eigenvalue weighted by molar-refractivity contribution is 5.71. The third-order valence-corrected chi connectivity index (χ3v) is 2.91. The summed E-state index contributed by atoms with van der Waals surface area (Å²) in [7, 11) is 3.23. The van der Waals surface area contributed by atoms with Crippen LogP contribution >= 0.6 is 0 Å². The number of benzene rings is 1. The van der Waals surface area contributed by atoms with Crippen LogP contribution in [-0.4, -0.2) is 16.9 Å². The molecule has 2 aromatic rings. The number of ether oxygens (including phenoxy) is 1. The van der Waals surface area contributed by atoms with E-state index in [1.54, 1.807) is 23.9 Å². The molecule has 0 aliphatic rings. The molecule has 5 nitrogen and oxygen atoms in total. The molecule has 0 radical (unpaired) electrons. The number of aryl methyl sites for hydroxylation is 2. The van der Waals surface area contributed by atoms with E-state index < -0.39 is 5.82 Å². The average Bonchev–Trinajstić information content (AvgIpc) is 2.68. The predicted molar refractivity (Wildman–Crippen MR) is 73.2 cm³/mol. The lowest BCUT2D eigenvalue weighted by Crippen LogP contribution is -2.01. The van der Waals surface area contributed by atoms with Crippen LogP contribution in [0.5, 0.6) is 5.75 Å². The number of nitrogens with two attached hydrogens (primary N) is 1. The van der Waals surface area contributed by atoms with Crippen LogP contribution in [0.2, 0.25) is 0 Å². The Kier molecular flexibility index (Phi) is 3.59. The van der Waals surface area contributed by atoms with Crippen LogP contribution in [0.25, 0.3) is 0 Å². The summed E-state index contributed by atoms with van der Waals surface area (Å²) in [6.07, 6.45) is 0.758. The van der Waals surface area contributed by atoms with Crippen molar-refractivity contribution < 1.29 is 9.13 Å². The van der Waals surface area contributed by atoms with Crippen molar-refractivity contribution in [3.05, 3.63) is 29.7 Å². The van der Waals surface area contributed by atoms with Crippen molar-refractivity contribution in [2.45, 2.75) is 13.3 Å². The number of anilines is 3. The van der Waals surface area contributed by atoms with Gasteiger partial charge in [-0.15, -0.1) is 0 Å². The molecule has 3 N–H and O–H groups in total. The van der Waals surface area contributed by atoms with E-state index in [1.807, 2.05) is 6.92 Å². The van der Waals surface area contributed by atoms with E-state index in [4.69, 9.17) is 10.5 Å². The minimum Gasteiger partial charge on any atom is -0.494 e.